The van der Waals surface area contributed by atoms with Crippen LogP contribution in [-0.4, -0.2) is 18.7 Å². The summed E-state index contributed by atoms with van der Waals surface area (Å²) in [6.07, 6.45) is 18.3. The minimum absolute atomic E-state index is 0.00185. The third-order valence-corrected chi connectivity index (χ3v) is 18.1. The van der Waals surface area contributed by atoms with Crippen LogP contribution in [0, 0.1) is 0 Å². The molecule has 21 rings (SSSR count). The first kappa shape index (κ1) is 65.4. The summed E-state index contributed by atoms with van der Waals surface area (Å²) in [4.78, 5) is 35.2. The zero-order chi connectivity index (χ0) is 69.7. The van der Waals surface area contributed by atoms with Gasteiger partial charge in [-0.15, -0.1) is 0 Å². The SMILES string of the molecule is C1=COc2ccccc2C1.O=C(OCC1CCC=CO1)c1ccc2ccccc2c1.O=c1ccoc2c1ccc1ccccc12.O=c1ccoc2cc3ccccc3cc12.c1ccc2c(c1)c1ccccc1c1occc21.c1ccc2c(c1)ccc1ccoc12.c1ccc2cc3occc3cc2c1. The van der Waals surface area contributed by atoms with Crippen LogP contribution in [-0.2, 0) is 15.9 Å². The van der Waals surface area contributed by atoms with E-state index in [0.29, 0.717) is 34.1 Å². The molecule has 1 unspecified atom stereocenters. The predicted octanol–water partition coefficient (Wildman–Crippen LogP) is 23.6. The second-order valence-corrected chi connectivity index (χ2v) is 24.6. The number of fused-ring (bicyclic) bond motifs is 18. The van der Waals surface area contributed by atoms with E-state index in [1.54, 1.807) is 37.4 Å². The van der Waals surface area contributed by atoms with Crippen LogP contribution in [0.3, 0.4) is 0 Å². The van der Waals surface area contributed by atoms with Gasteiger partial charge in [-0.25, -0.2) is 4.79 Å². The van der Waals surface area contributed by atoms with Crippen LogP contribution in [0.5, 0.6) is 5.75 Å². The molecule has 1 atom stereocenters. The second-order valence-electron chi connectivity index (χ2n) is 24.6. The molecule has 0 saturated heterocycles. The maximum atomic E-state index is 12.0. The summed E-state index contributed by atoms with van der Waals surface area (Å²) in [6, 6.07) is 95.7. The first-order valence-corrected chi connectivity index (χ1v) is 34.0. The number of rotatable bonds is 3. The van der Waals surface area contributed by atoms with E-state index < -0.39 is 0 Å². The maximum absolute atomic E-state index is 12.0. The zero-order valence-corrected chi connectivity index (χ0v) is 55.8. The van der Waals surface area contributed by atoms with E-state index in [4.69, 9.17) is 36.3 Å². The van der Waals surface area contributed by atoms with Gasteiger partial charge >= 0.3 is 5.97 Å². The van der Waals surface area contributed by atoms with Gasteiger partial charge in [0.1, 0.15) is 46.4 Å². The molecule has 0 fully saturated rings. The van der Waals surface area contributed by atoms with Gasteiger partial charge in [0.15, 0.2) is 10.9 Å². The van der Waals surface area contributed by atoms with Crippen molar-refractivity contribution in [1.29, 1.82) is 0 Å². The summed E-state index contributed by atoms with van der Waals surface area (Å²) in [5, 5.41) is 21.0. The third-order valence-electron chi connectivity index (χ3n) is 18.1. The minimum Gasteiger partial charge on any atom is -0.495 e. The first-order valence-electron chi connectivity index (χ1n) is 34.0. The van der Waals surface area contributed by atoms with Gasteiger partial charge < -0.3 is 36.3 Å². The van der Waals surface area contributed by atoms with Crippen molar-refractivity contribution in [2.45, 2.75) is 25.4 Å². The smallest absolute Gasteiger partial charge is 0.338 e. The fourth-order valence-corrected chi connectivity index (χ4v) is 12.9. The van der Waals surface area contributed by atoms with Crippen molar-refractivity contribution in [3.8, 4) is 5.75 Å². The van der Waals surface area contributed by atoms with Crippen molar-refractivity contribution >= 4 is 136 Å². The summed E-state index contributed by atoms with van der Waals surface area (Å²) in [5.41, 5.74) is 6.09. The number of hydrogen-bond acceptors (Lipinski definition) is 11. The lowest BCUT2D eigenvalue weighted by Crippen LogP contribution is -2.22. The van der Waals surface area contributed by atoms with Crippen LogP contribution in [0.4, 0.5) is 0 Å². The Morgan fingerprint density at radius 1 is 0.340 bits per heavy atom. The molecule has 11 heteroatoms. The van der Waals surface area contributed by atoms with Crippen LogP contribution in [0.25, 0.3) is 130 Å². The number of carbonyl (C=O) groups excluding carboxylic acids is 1. The van der Waals surface area contributed by atoms with Crippen molar-refractivity contribution in [3.05, 3.63) is 379 Å². The predicted molar refractivity (Wildman–Crippen MR) is 416 cm³/mol. The van der Waals surface area contributed by atoms with E-state index in [0.717, 1.165) is 74.1 Å². The molecule has 500 valence electrons. The van der Waals surface area contributed by atoms with Crippen LogP contribution in [0.2, 0.25) is 0 Å². The number of allylic oxidation sites excluding steroid dienone is 2. The number of hydrogen-bond donors (Lipinski definition) is 0. The summed E-state index contributed by atoms with van der Waals surface area (Å²) in [7, 11) is 0. The lowest BCUT2D eigenvalue weighted by molar-refractivity contribution is 0.0165. The lowest BCUT2D eigenvalue weighted by atomic mass is 9.99. The van der Waals surface area contributed by atoms with E-state index in [-0.39, 0.29) is 22.9 Å². The second kappa shape index (κ2) is 30.7. The number of benzene rings is 14. The topological polar surface area (TPSA) is 145 Å². The molecule has 19 aromatic rings. The Labute approximate surface area is 590 Å². The molecule has 2 aliphatic rings. The zero-order valence-electron chi connectivity index (χ0n) is 55.8. The van der Waals surface area contributed by atoms with Gasteiger partial charge in [0, 0.05) is 44.5 Å². The highest BCUT2D eigenvalue weighted by Crippen LogP contribution is 2.36. The molecule has 0 saturated carbocycles. The quantitative estimate of drug-likeness (QED) is 0.0947. The van der Waals surface area contributed by atoms with Gasteiger partial charge in [-0.3, -0.25) is 9.59 Å². The van der Waals surface area contributed by atoms with Gasteiger partial charge in [-0.05, 0) is 163 Å². The van der Waals surface area contributed by atoms with Crippen LogP contribution in [0.15, 0.2) is 379 Å². The molecule has 11 nitrogen and oxygen atoms in total. The van der Waals surface area contributed by atoms with E-state index in [1.807, 2.05) is 182 Å². The third kappa shape index (κ3) is 14.8. The number of esters is 1. The fraction of sp³-hybridized carbons (Fsp3) is 0.0543. The Morgan fingerprint density at radius 3 is 1.51 bits per heavy atom. The molecule has 2 aliphatic heterocycles. The van der Waals surface area contributed by atoms with E-state index in [1.165, 1.54) is 89.5 Å². The number of carbonyl (C=O) groups is 1. The van der Waals surface area contributed by atoms with Gasteiger partial charge in [0.2, 0.25) is 0 Å². The van der Waals surface area contributed by atoms with Crippen molar-refractivity contribution in [3.63, 3.8) is 0 Å². The van der Waals surface area contributed by atoms with Gasteiger partial charge in [0.05, 0.1) is 60.2 Å². The molecule has 14 aromatic carbocycles. The Hall–Kier alpha value is -13.5. The number of furan rings is 3. The van der Waals surface area contributed by atoms with Crippen LogP contribution in [0.1, 0.15) is 28.8 Å². The highest BCUT2D eigenvalue weighted by Gasteiger charge is 2.16. The van der Waals surface area contributed by atoms with Crippen LogP contribution < -0.4 is 15.6 Å². The molecule has 0 spiro atoms. The highest BCUT2D eigenvalue weighted by molar-refractivity contribution is 6.23. The van der Waals surface area contributed by atoms with E-state index >= 15 is 0 Å². The van der Waals surface area contributed by atoms with Crippen molar-refractivity contribution in [2.24, 2.45) is 0 Å². The lowest BCUT2D eigenvalue weighted by Gasteiger charge is -2.19. The Morgan fingerprint density at radius 2 is 0.816 bits per heavy atom. The van der Waals surface area contributed by atoms with Gasteiger partial charge in [0.25, 0.3) is 0 Å². The molecular weight excluding hydrogens is 1280 g/mol. The number of para-hydroxylation sites is 1. The van der Waals surface area contributed by atoms with Crippen LogP contribution >= 0.6 is 0 Å². The van der Waals surface area contributed by atoms with Crippen molar-refractivity contribution in [2.75, 3.05) is 6.61 Å². The molecule has 5 aromatic heterocycles. The average Bonchev–Trinajstić information content (AvgIpc) is 1.73. The molecule has 0 N–H and O–H groups in total. The van der Waals surface area contributed by atoms with Gasteiger partial charge in [-0.2, -0.15) is 0 Å². The maximum Gasteiger partial charge on any atom is 0.338 e. The Bertz CT molecular complexity index is 6240. The number of ether oxygens (including phenoxy) is 3. The fourth-order valence-electron chi connectivity index (χ4n) is 12.9. The molecular formula is C92H66O11. The molecule has 7 heterocycles. The summed E-state index contributed by atoms with van der Waals surface area (Å²) in [5.74, 6) is 0.693. The molecule has 0 amide bonds. The summed E-state index contributed by atoms with van der Waals surface area (Å²) < 4.78 is 43.0. The first-order chi connectivity index (χ1) is 50.8. The standard InChI is InChI=1S/C17H16O3.C16H10O.2C13H8O2.2C12H8O.C9H8O/c18-17(20-12-16-7-3-4-10-19-16)15-9-8-13-5-1-2-6-14(13)11-15;1-2-7-13-11(5-1)12-6-3-4-8-14(12)16-15(13)9-10-17-16;14-12-5-6-15-13-8-10-4-2-1-3-9(10)7-11(12)13;14-12-7-8-15-13-10-4-2-1-3-9(10)5-6-11(12)13;1-2-4-10-8-12-11(5-6-13-12)7-9(10)3-1;1-2-4-11-9(3-1)5-6-10-7-8-13-12(10)11;1-2-6-9-8(4-1)5-3-7-10-9/h1-2,4-6,8-11,16H,3,7,12H2;1-10H;2*1-8H;2*1-8H;1-4,6-7H,5H2. The largest absolute Gasteiger partial charge is 0.495 e. The summed E-state index contributed by atoms with van der Waals surface area (Å²) in [6.45, 7) is 0.302. The average molecular weight is 1350 g/mol. The van der Waals surface area contributed by atoms with Gasteiger partial charge in [-0.1, -0.05) is 212 Å². The van der Waals surface area contributed by atoms with E-state index in [2.05, 4.69) is 103 Å². The Kier molecular flexibility index (Phi) is 19.5. The van der Waals surface area contributed by atoms with E-state index in [9.17, 15) is 14.4 Å². The molecule has 0 radical (unpaired) electrons. The molecule has 0 bridgehead atoms. The highest BCUT2D eigenvalue weighted by atomic mass is 16.6. The van der Waals surface area contributed by atoms with Crippen molar-refractivity contribution < 1.29 is 41.1 Å². The van der Waals surface area contributed by atoms with Crippen molar-refractivity contribution in [1.82, 2.24) is 0 Å². The minimum atomic E-state index is -0.297. The molecule has 0 aliphatic carbocycles. The monoisotopic (exact) mass is 1350 g/mol. The normalized spacial score (nSPS) is 12.7. The molecule has 103 heavy (non-hydrogen) atoms. The Balaban J connectivity index is 0.0000000977. The summed E-state index contributed by atoms with van der Waals surface area (Å²) >= 11 is 0.